The van der Waals surface area contributed by atoms with E-state index in [2.05, 4.69) is 5.32 Å². The lowest BCUT2D eigenvalue weighted by Gasteiger charge is -2.23. The zero-order valence-corrected chi connectivity index (χ0v) is 12.2. The van der Waals surface area contributed by atoms with Crippen molar-refractivity contribution in [2.75, 3.05) is 20.1 Å². The van der Waals surface area contributed by atoms with E-state index in [1.807, 2.05) is 19.1 Å². The third-order valence-corrected chi connectivity index (χ3v) is 5.37. The van der Waals surface area contributed by atoms with Crippen molar-refractivity contribution in [3.8, 4) is 0 Å². The van der Waals surface area contributed by atoms with Crippen LogP contribution in [0.5, 0.6) is 0 Å². The Morgan fingerprint density at radius 2 is 2.00 bits per heavy atom. The first-order chi connectivity index (χ1) is 8.03. The molecule has 1 heterocycles. The van der Waals surface area contributed by atoms with Gasteiger partial charge < -0.3 is 5.32 Å². The fraction of sp³-hybridized carbons (Fsp3) is 0.500. The first kappa shape index (κ1) is 15.4. The molecular weight excluding hydrogens is 272 g/mol. The molecule has 0 radical (unpaired) electrons. The minimum absolute atomic E-state index is 0. The lowest BCUT2D eigenvalue weighted by molar-refractivity contribution is 0.387. The van der Waals surface area contributed by atoms with Crippen molar-refractivity contribution in [3.05, 3.63) is 29.8 Å². The van der Waals surface area contributed by atoms with Crippen LogP contribution in [0.1, 0.15) is 12.0 Å². The van der Waals surface area contributed by atoms with E-state index in [1.54, 1.807) is 19.2 Å². The monoisotopic (exact) mass is 290 g/mol. The van der Waals surface area contributed by atoms with Gasteiger partial charge in [0.2, 0.25) is 10.0 Å². The van der Waals surface area contributed by atoms with Gasteiger partial charge in [0.25, 0.3) is 0 Å². The molecule has 1 N–H and O–H groups in total. The van der Waals surface area contributed by atoms with E-state index in [4.69, 9.17) is 0 Å². The highest BCUT2D eigenvalue weighted by atomic mass is 35.5. The lowest BCUT2D eigenvalue weighted by Crippen LogP contribution is -2.38. The first-order valence-electron chi connectivity index (χ1n) is 5.78. The minimum Gasteiger partial charge on any atom is -0.315 e. The van der Waals surface area contributed by atoms with Crippen molar-refractivity contribution in [2.45, 2.75) is 24.3 Å². The van der Waals surface area contributed by atoms with Gasteiger partial charge >= 0.3 is 0 Å². The maximum absolute atomic E-state index is 12.4. The molecule has 0 aliphatic carbocycles. The third-order valence-electron chi connectivity index (χ3n) is 3.30. The summed E-state index contributed by atoms with van der Waals surface area (Å²) >= 11 is 0. The summed E-state index contributed by atoms with van der Waals surface area (Å²) in [5, 5.41) is 3.19. The molecule has 0 bridgehead atoms. The second-order valence-electron chi connectivity index (χ2n) is 4.43. The van der Waals surface area contributed by atoms with Crippen molar-refractivity contribution >= 4 is 22.4 Å². The highest BCUT2D eigenvalue weighted by Gasteiger charge is 2.30. The van der Waals surface area contributed by atoms with Crippen LogP contribution in [0.15, 0.2) is 29.2 Å². The van der Waals surface area contributed by atoms with E-state index in [1.165, 1.54) is 4.31 Å². The Morgan fingerprint density at radius 3 is 2.56 bits per heavy atom. The summed E-state index contributed by atoms with van der Waals surface area (Å²) in [5.74, 6) is 0. The Bertz CT molecular complexity index is 499. The molecule has 0 aromatic heterocycles. The standard InChI is InChI=1S/C12H18N2O2S.ClH/c1-10-5-3-4-6-12(10)17(15,16)14(2)11-7-8-13-9-11;/h3-6,11,13H,7-9H2,1-2H3;1H. The molecule has 1 aliphatic rings. The number of hydrogen-bond donors (Lipinski definition) is 1. The average molecular weight is 291 g/mol. The van der Waals surface area contributed by atoms with Crippen molar-refractivity contribution in [1.29, 1.82) is 0 Å². The largest absolute Gasteiger partial charge is 0.315 e. The topological polar surface area (TPSA) is 49.4 Å². The molecule has 1 unspecified atom stereocenters. The molecule has 1 saturated heterocycles. The van der Waals surface area contributed by atoms with E-state index < -0.39 is 10.0 Å². The zero-order chi connectivity index (χ0) is 12.5. The van der Waals surface area contributed by atoms with Gasteiger partial charge in [0.05, 0.1) is 4.90 Å². The van der Waals surface area contributed by atoms with E-state index in [0.717, 1.165) is 25.1 Å². The van der Waals surface area contributed by atoms with Gasteiger partial charge in [0.1, 0.15) is 0 Å². The normalized spacial score (nSPS) is 19.8. The van der Waals surface area contributed by atoms with Crippen LogP contribution in [-0.4, -0.2) is 38.9 Å². The van der Waals surface area contributed by atoms with Crippen LogP contribution in [0.25, 0.3) is 0 Å². The quantitative estimate of drug-likeness (QED) is 0.915. The van der Waals surface area contributed by atoms with Gasteiger partial charge in [0.15, 0.2) is 0 Å². The number of aryl methyl sites for hydroxylation is 1. The second kappa shape index (κ2) is 6.02. The van der Waals surface area contributed by atoms with Crippen molar-refractivity contribution in [3.63, 3.8) is 0 Å². The molecule has 4 nitrogen and oxygen atoms in total. The SMILES string of the molecule is Cc1ccccc1S(=O)(=O)N(C)C1CCNC1.Cl. The van der Waals surface area contributed by atoms with Crippen LogP contribution in [0.2, 0.25) is 0 Å². The number of sulfonamides is 1. The van der Waals surface area contributed by atoms with Crippen LogP contribution < -0.4 is 5.32 Å². The molecule has 0 spiro atoms. The highest BCUT2D eigenvalue weighted by Crippen LogP contribution is 2.21. The lowest BCUT2D eigenvalue weighted by atomic mass is 10.2. The van der Waals surface area contributed by atoms with E-state index in [9.17, 15) is 8.42 Å². The number of nitrogens with one attached hydrogen (secondary N) is 1. The number of hydrogen-bond acceptors (Lipinski definition) is 3. The predicted octanol–water partition coefficient (Wildman–Crippen LogP) is 1.40. The molecule has 1 aromatic carbocycles. The van der Waals surface area contributed by atoms with Crippen molar-refractivity contribution in [1.82, 2.24) is 9.62 Å². The summed E-state index contributed by atoms with van der Waals surface area (Å²) in [6.45, 7) is 3.45. The number of nitrogens with zero attached hydrogens (tertiary/aromatic N) is 1. The fourth-order valence-corrected chi connectivity index (χ4v) is 3.76. The van der Waals surface area contributed by atoms with Crippen LogP contribution in [0, 0.1) is 6.92 Å². The summed E-state index contributed by atoms with van der Waals surface area (Å²) in [6.07, 6.45) is 0.877. The van der Waals surface area contributed by atoms with Gasteiger partial charge in [-0.1, -0.05) is 18.2 Å². The molecule has 18 heavy (non-hydrogen) atoms. The Kier molecular flexibility index (Phi) is 5.16. The number of rotatable bonds is 3. The molecule has 0 saturated carbocycles. The number of likely N-dealkylation sites (N-methyl/N-ethyl adjacent to an activating group) is 1. The maximum atomic E-state index is 12.4. The highest BCUT2D eigenvalue weighted by molar-refractivity contribution is 7.89. The average Bonchev–Trinajstić information content (AvgIpc) is 2.81. The Balaban J connectivity index is 0.00000162. The summed E-state index contributed by atoms with van der Waals surface area (Å²) in [6, 6.07) is 7.18. The molecule has 1 aromatic rings. The van der Waals surface area contributed by atoms with Crippen molar-refractivity contribution in [2.24, 2.45) is 0 Å². The van der Waals surface area contributed by atoms with Gasteiger partial charge in [-0.05, 0) is 31.5 Å². The van der Waals surface area contributed by atoms with Crippen LogP contribution in [-0.2, 0) is 10.0 Å². The van der Waals surface area contributed by atoms with E-state index in [0.29, 0.717) is 4.90 Å². The van der Waals surface area contributed by atoms with Gasteiger partial charge in [-0.3, -0.25) is 0 Å². The Morgan fingerprint density at radius 1 is 1.33 bits per heavy atom. The van der Waals surface area contributed by atoms with Gasteiger partial charge in [-0.2, -0.15) is 4.31 Å². The van der Waals surface area contributed by atoms with Crippen LogP contribution >= 0.6 is 12.4 Å². The van der Waals surface area contributed by atoms with E-state index >= 15 is 0 Å². The third kappa shape index (κ3) is 2.85. The first-order valence-corrected chi connectivity index (χ1v) is 7.22. The summed E-state index contributed by atoms with van der Waals surface area (Å²) in [7, 11) is -1.69. The molecular formula is C12H19ClN2O2S. The number of benzene rings is 1. The molecule has 1 aliphatic heterocycles. The maximum Gasteiger partial charge on any atom is 0.243 e. The molecule has 0 amide bonds. The van der Waals surface area contributed by atoms with Gasteiger partial charge in [-0.15, -0.1) is 12.4 Å². The van der Waals surface area contributed by atoms with Crippen molar-refractivity contribution < 1.29 is 8.42 Å². The Hall–Kier alpha value is -0.620. The van der Waals surface area contributed by atoms with Crippen LogP contribution in [0.4, 0.5) is 0 Å². The zero-order valence-electron chi connectivity index (χ0n) is 10.6. The Labute approximate surface area is 115 Å². The van der Waals surface area contributed by atoms with Crippen LogP contribution in [0.3, 0.4) is 0 Å². The molecule has 1 atom stereocenters. The molecule has 1 fully saturated rings. The molecule has 2 rings (SSSR count). The van der Waals surface area contributed by atoms with Gasteiger partial charge in [-0.25, -0.2) is 8.42 Å². The van der Waals surface area contributed by atoms with Gasteiger partial charge in [0, 0.05) is 19.6 Å². The molecule has 102 valence electrons. The minimum atomic E-state index is -3.36. The fourth-order valence-electron chi connectivity index (χ4n) is 2.15. The number of halogens is 1. The second-order valence-corrected chi connectivity index (χ2v) is 6.40. The summed E-state index contributed by atoms with van der Waals surface area (Å²) < 4.78 is 26.4. The summed E-state index contributed by atoms with van der Waals surface area (Å²) in [4.78, 5) is 0.411. The summed E-state index contributed by atoms with van der Waals surface area (Å²) in [5.41, 5.74) is 0.797. The molecule has 6 heteroatoms. The smallest absolute Gasteiger partial charge is 0.243 e. The predicted molar refractivity (Wildman–Crippen MR) is 74.7 cm³/mol. The van der Waals surface area contributed by atoms with E-state index in [-0.39, 0.29) is 18.4 Å².